The van der Waals surface area contributed by atoms with Crippen molar-refractivity contribution in [2.45, 2.75) is 31.7 Å². The van der Waals surface area contributed by atoms with Gasteiger partial charge in [0.2, 0.25) is 5.95 Å². The molecule has 4 rings (SSSR count). The largest absolute Gasteiger partial charge is 0.383 e. The number of nitrogen functional groups attached to an aromatic ring is 2. The van der Waals surface area contributed by atoms with Crippen LogP contribution in [0.25, 0.3) is 0 Å². The molecular weight excluding hydrogens is 262 g/mol. The van der Waals surface area contributed by atoms with Crippen molar-refractivity contribution < 1.29 is 0 Å². The number of nitrogens with two attached hydrogens (primary N) is 2. The Kier molecular flexibility index (Phi) is 2.82. The topological polar surface area (TPSA) is 89.8 Å². The molecule has 2 aromatic rings. The maximum absolute atomic E-state index is 6.10. The summed E-state index contributed by atoms with van der Waals surface area (Å²) in [5.74, 6) is 1.13. The van der Waals surface area contributed by atoms with Gasteiger partial charge in [-0.1, -0.05) is 18.2 Å². The van der Waals surface area contributed by atoms with E-state index >= 15 is 0 Å². The van der Waals surface area contributed by atoms with E-state index in [0.29, 0.717) is 11.7 Å². The predicted molar refractivity (Wildman–Crippen MR) is 82.9 cm³/mol. The smallest absolute Gasteiger partial charge is 0.222 e. The van der Waals surface area contributed by atoms with Gasteiger partial charge in [0.15, 0.2) is 0 Å². The Hall–Kier alpha value is -2.14. The highest BCUT2D eigenvalue weighted by Crippen LogP contribution is 2.40. The van der Waals surface area contributed by atoms with Gasteiger partial charge in [0.1, 0.15) is 5.82 Å². The van der Waals surface area contributed by atoms with Gasteiger partial charge in [-0.25, -0.2) is 4.98 Å². The molecule has 108 valence electrons. The maximum atomic E-state index is 6.10. The van der Waals surface area contributed by atoms with E-state index in [-0.39, 0.29) is 5.95 Å². The average molecular weight is 281 g/mol. The summed E-state index contributed by atoms with van der Waals surface area (Å²) in [7, 11) is 0. The fraction of sp³-hybridized carbons (Fsp3) is 0.375. The van der Waals surface area contributed by atoms with Crippen molar-refractivity contribution in [3.8, 4) is 0 Å². The molecule has 5 heteroatoms. The van der Waals surface area contributed by atoms with E-state index in [1.807, 2.05) is 0 Å². The fourth-order valence-corrected chi connectivity index (χ4v) is 3.60. The van der Waals surface area contributed by atoms with Crippen molar-refractivity contribution in [2.24, 2.45) is 0 Å². The second-order valence-corrected chi connectivity index (χ2v) is 5.87. The van der Waals surface area contributed by atoms with Gasteiger partial charge in [-0.2, -0.15) is 4.98 Å². The van der Waals surface area contributed by atoms with E-state index in [9.17, 15) is 0 Å². The normalized spacial score (nSPS) is 20.1. The molecule has 0 amide bonds. The Bertz CT molecular complexity index is 710. The minimum Gasteiger partial charge on any atom is -0.383 e. The number of rotatable bonds is 1. The van der Waals surface area contributed by atoms with Crippen molar-refractivity contribution in [2.75, 3.05) is 18.0 Å². The SMILES string of the molecule is Nc1nc(N)c2c(n1)CCC2c1ccc2c(c1)CCNC2. The molecule has 1 unspecified atom stereocenters. The van der Waals surface area contributed by atoms with Crippen LogP contribution in [0.2, 0.25) is 0 Å². The Morgan fingerprint density at radius 3 is 2.90 bits per heavy atom. The molecule has 0 bridgehead atoms. The number of benzene rings is 1. The Morgan fingerprint density at radius 2 is 2.00 bits per heavy atom. The highest BCUT2D eigenvalue weighted by Gasteiger charge is 2.29. The first kappa shape index (κ1) is 12.6. The Labute approximate surface area is 123 Å². The molecule has 1 aromatic carbocycles. The third-order valence-corrected chi connectivity index (χ3v) is 4.61. The first-order valence-corrected chi connectivity index (χ1v) is 7.46. The number of aromatic nitrogens is 2. The third-order valence-electron chi connectivity index (χ3n) is 4.61. The molecule has 2 aliphatic rings. The van der Waals surface area contributed by atoms with Gasteiger partial charge >= 0.3 is 0 Å². The molecule has 0 radical (unpaired) electrons. The highest BCUT2D eigenvalue weighted by atomic mass is 15.0. The van der Waals surface area contributed by atoms with Crippen LogP contribution in [-0.4, -0.2) is 16.5 Å². The maximum Gasteiger partial charge on any atom is 0.222 e. The fourth-order valence-electron chi connectivity index (χ4n) is 3.60. The number of hydrogen-bond acceptors (Lipinski definition) is 5. The lowest BCUT2D eigenvalue weighted by atomic mass is 9.89. The van der Waals surface area contributed by atoms with Crippen LogP contribution in [0.4, 0.5) is 11.8 Å². The minimum absolute atomic E-state index is 0.281. The number of aryl methyl sites for hydroxylation is 1. The first-order valence-electron chi connectivity index (χ1n) is 7.46. The number of nitrogens with one attached hydrogen (secondary N) is 1. The molecule has 1 aromatic heterocycles. The molecule has 21 heavy (non-hydrogen) atoms. The molecule has 1 aliphatic carbocycles. The number of anilines is 2. The second-order valence-electron chi connectivity index (χ2n) is 5.87. The molecule has 0 spiro atoms. The van der Waals surface area contributed by atoms with Gasteiger partial charge in [-0.3, -0.25) is 0 Å². The van der Waals surface area contributed by atoms with Gasteiger partial charge in [0.05, 0.1) is 5.69 Å². The molecular formula is C16H19N5. The summed E-state index contributed by atoms with van der Waals surface area (Å²) in [5.41, 5.74) is 18.1. The number of hydrogen-bond donors (Lipinski definition) is 3. The lowest BCUT2D eigenvalue weighted by molar-refractivity contribution is 0.641. The van der Waals surface area contributed by atoms with Gasteiger partial charge in [-0.15, -0.1) is 0 Å². The molecule has 1 aliphatic heterocycles. The number of nitrogens with zero attached hydrogens (tertiary/aromatic N) is 2. The van der Waals surface area contributed by atoms with Crippen LogP contribution in [0.15, 0.2) is 18.2 Å². The second kappa shape index (κ2) is 4.70. The van der Waals surface area contributed by atoms with Crippen molar-refractivity contribution in [3.63, 3.8) is 0 Å². The van der Waals surface area contributed by atoms with Crippen LogP contribution in [0.1, 0.15) is 40.3 Å². The molecule has 0 fully saturated rings. The lowest BCUT2D eigenvalue weighted by Crippen LogP contribution is -2.23. The van der Waals surface area contributed by atoms with Crippen LogP contribution < -0.4 is 16.8 Å². The van der Waals surface area contributed by atoms with Gasteiger partial charge in [0.25, 0.3) is 0 Å². The highest BCUT2D eigenvalue weighted by molar-refractivity contribution is 5.54. The predicted octanol–water partition coefficient (Wildman–Crippen LogP) is 1.36. The standard InChI is InChI=1S/C16H19N5/c17-15-14-12(3-4-13(14)20-16(18)21-15)10-1-2-11-8-19-6-5-9(11)7-10/h1-2,7,12,19H,3-6,8H2,(H4,17,18,20,21). The van der Waals surface area contributed by atoms with Crippen molar-refractivity contribution >= 4 is 11.8 Å². The minimum atomic E-state index is 0.281. The molecule has 2 heterocycles. The molecule has 1 atom stereocenters. The Balaban J connectivity index is 1.77. The summed E-state index contributed by atoms with van der Waals surface area (Å²) in [5, 5.41) is 3.41. The van der Waals surface area contributed by atoms with Gasteiger partial charge in [-0.05, 0) is 42.5 Å². The summed E-state index contributed by atoms with van der Waals surface area (Å²) in [4.78, 5) is 8.50. The van der Waals surface area contributed by atoms with Crippen LogP contribution in [0, 0.1) is 0 Å². The summed E-state index contributed by atoms with van der Waals surface area (Å²) in [6.45, 7) is 2.03. The van der Waals surface area contributed by atoms with Crippen LogP contribution in [0.3, 0.4) is 0 Å². The monoisotopic (exact) mass is 281 g/mol. The molecule has 5 nitrogen and oxygen atoms in total. The average Bonchev–Trinajstić information content (AvgIpc) is 2.90. The zero-order chi connectivity index (χ0) is 14.4. The zero-order valence-corrected chi connectivity index (χ0v) is 11.9. The lowest BCUT2D eigenvalue weighted by Gasteiger charge is -2.20. The summed E-state index contributed by atoms with van der Waals surface area (Å²) in [6, 6.07) is 6.80. The summed E-state index contributed by atoms with van der Waals surface area (Å²) < 4.78 is 0. The van der Waals surface area contributed by atoms with E-state index < -0.39 is 0 Å². The van der Waals surface area contributed by atoms with E-state index in [1.165, 1.54) is 16.7 Å². The van der Waals surface area contributed by atoms with Gasteiger partial charge in [0, 0.05) is 18.0 Å². The Morgan fingerprint density at radius 1 is 1.10 bits per heavy atom. The summed E-state index contributed by atoms with van der Waals surface area (Å²) >= 11 is 0. The zero-order valence-electron chi connectivity index (χ0n) is 11.9. The van der Waals surface area contributed by atoms with Crippen LogP contribution >= 0.6 is 0 Å². The van der Waals surface area contributed by atoms with Crippen LogP contribution in [0.5, 0.6) is 0 Å². The van der Waals surface area contributed by atoms with E-state index in [0.717, 1.165) is 43.6 Å². The van der Waals surface area contributed by atoms with E-state index in [4.69, 9.17) is 11.5 Å². The molecule has 5 N–H and O–H groups in total. The van der Waals surface area contributed by atoms with Crippen molar-refractivity contribution in [1.29, 1.82) is 0 Å². The van der Waals surface area contributed by atoms with Gasteiger partial charge < -0.3 is 16.8 Å². The molecule has 0 saturated heterocycles. The molecule has 0 saturated carbocycles. The van der Waals surface area contributed by atoms with Crippen molar-refractivity contribution in [3.05, 3.63) is 46.1 Å². The van der Waals surface area contributed by atoms with Crippen molar-refractivity contribution in [1.82, 2.24) is 15.3 Å². The third kappa shape index (κ3) is 2.05. The van der Waals surface area contributed by atoms with Crippen LogP contribution in [-0.2, 0) is 19.4 Å². The number of fused-ring (bicyclic) bond motifs is 2. The first-order chi connectivity index (χ1) is 10.2. The summed E-state index contributed by atoms with van der Waals surface area (Å²) in [6.07, 6.45) is 3.06. The van der Waals surface area contributed by atoms with E-state index in [1.54, 1.807) is 0 Å². The van der Waals surface area contributed by atoms with E-state index in [2.05, 4.69) is 33.5 Å². The quantitative estimate of drug-likeness (QED) is 0.734.